The van der Waals surface area contributed by atoms with E-state index in [1.807, 2.05) is 0 Å². The van der Waals surface area contributed by atoms with Gasteiger partial charge < -0.3 is 5.32 Å². The summed E-state index contributed by atoms with van der Waals surface area (Å²) in [5.41, 5.74) is 0.347. The fourth-order valence-corrected chi connectivity index (χ4v) is 2.19. The summed E-state index contributed by atoms with van der Waals surface area (Å²) in [6.07, 6.45) is 5.68. The molecule has 0 aliphatic heterocycles. The molecule has 1 nitrogen and oxygen atoms in total. The summed E-state index contributed by atoms with van der Waals surface area (Å²) in [5.74, 6) is 1.85. The standard InChI is InChI=1S/C11H23N/c1-9-5-7-10(8-6-9)11(2,3)12-4/h9-10,12H,5-8H2,1-4H3. The highest BCUT2D eigenvalue weighted by Gasteiger charge is 2.30. The number of hydrogen-bond acceptors (Lipinski definition) is 1. The van der Waals surface area contributed by atoms with Crippen LogP contribution in [0.25, 0.3) is 0 Å². The Morgan fingerprint density at radius 2 is 1.58 bits per heavy atom. The molecule has 0 atom stereocenters. The van der Waals surface area contributed by atoms with Crippen LogP contribution in [0, 0.1) is 11.8 Å². The van der Waals surface area contributed by atoms with Crippen LogP contribution >= 0.6 is 0 Å². The van der Waals surface area contributed by atoms with Gasteiger partial charge in [0.15, 0.2) is 0 Å². The third-order valence-electron chi connectivity index (χ3n) is 3.68. The van der Waals surface area contributed by atoms with Crippen molar-refractivity contribution >= 4 is 0 Å². The molecule has 1 N–H and O–H groups in total. The molecular weight excluding hydrogens is 146 g/mol. The van der Waals surface area contributed by atoms with Gasteiger partial charge in [-0.1, -0.05) is 19.8 Å². The van der Waals surface area contributed by atoms with E-state index in [9.17, 15) is 0 Å². The molecule has 0 aromatic rings. The number of hydrogen-bond donors (Lipinski definition) is 1. The Kier molecular flexibility index (Phi) is 3.16. The molecule has 1 aliphatic carbocycles. The molecule has 1 rings (SSSR count). The summed E-state index contributed by atoms with van der Waals surface area (Å²) in [4.78, 5) is 0. The van der Waals surface area contributed by atoms with E-state index >= 15 is 0 Å². The predicted octanol–water partition coefficient (Wildman–Crippen LogP) is 2.81. The van der Waals surface area contributed by atoms with Crippen LogP contribution in [0.3, 0.4) is 0 Å². The van der Waals surface area contributed by atoms with Crippen LogP contribution in [0.5, 0.6) is 0 Å². The maximum Gasteiger partial charge on any atom is 0.0150 e. The molecule has 1 fully saturated rings. The van der Waals surface area contributed by atoms with Crippen molar-refractivity contribution in [2.75, 3.05) is 7.05 Å². The van der Waals surface area contributed by atoms with Gasteiger partial charge in [-0.05, 0) is 45.6 Å². The first kappa shape index (κ1) is 10.0. The second-order valence-electron chi connectivity index (χ2n) is 4.93. The van der Waals surface area contributed by atoms with Crippen molar-refractivity contribution in [1.29, 1.82) is 0 Å². The fraction of sp³-hybridized carbons (Fsp3) is 1.00. The fourth-order valence-electron chi connectivity index (χ4n) is 2.19. The maximum atomic E-state index is 3.43. The summed E-state index contributed by atoms with van der Waals surface area (Å²) in [6, 6.07) is 0. The minimum atomic E-state index is 0.347. The van der Waals surface area contributed by atoms with Crippen LogP contribution in [0.1, 0.15) is 46.5 Å². The smallest absolute Gasteiger partial charge is 0.0150 e. The first-order chi connectivity index (χ1) is 5.56. The lowest BCUT2D eigenvalue weighted by Gasteiger charge is -2.38. The molecule has 1 aliphatic rings. The van der Waals surface area contributed by atoms with Crippen molar-refractivity contribution in [2.45, 2.75) is 52.0 Å². The summed E-state index contributed by atoms with van der Waals surface area (Å²) >= 11 is 0. The molecule has 0 bridgehead atoms. The zero-order chi connectivity index (χ0) is 9.19. The Morgan fingerprint density at radius 1 is 1.08 bits per heavy atom. The number of rotatable bonds is 2. The quantitative estimate of drug-likeness (QED) is 0.670. The van der Waals surface area contributed by atoms with Crippen LogP contribution in [0.15, 0.2) is 0 Å². The van der Waals surface area contributed by atoms with E-state index in [4.69, 9.17) is 0 Å². The lowest BCUT2D eigenvalue weighted by Crippen LogP contribution is -2.45. The minimum absolute atomic E-state index is 0.347. The number of nitrogens with one attached hydrogen (secondary N) is 1. The van der Waals surface area contributed by atoms with Gasteiger partial charge in [0.25, 0.3) is 0 Å². The molecule has 0 spiro atoms. The topological polar surface area (TPSA) is 12.0 Å². The maximum absolute atomic E-state index is 3.43. The molecule has 0 saturated heterocycles. The van der Waals surface area contributed by atoms with Gasteiger partial charge in [-0.15, -0.1) is 0 Å². The normalized spacial score (nSPS) is 32.0. The van der Waals surface area contributed by atoms with Gasteiger partial charge >= 0.3 is 0 Å². The van der Waals surface area contributed by atoms with Gasteiger partial charge in [0.1, 0.15) is 0 Å². The first-order valence-corrected chi connectivity index (χ1v) is 5.25. The van der Waals surface area contributed by atoms with Gasteiger partial charge in [0, 0.05) is 5.54 Å². The van der Waals surface area contributed by atoms with E-state index in [1.54, 1.807) is 0 Å². The Labute approximate surface area is 76.9 Å². The summed E-state index contributed by atoms with van der Waals surface area (Å²) in [7, 11) is 2.08. The Hall–Kier alpha value is -0.0400. The second kappa shape index (κ2) is 3.78. The molecule has 0 heterocycles. The monoisotopic (exact) mass is 169 g/mol. The molecular formula is C11H23N. The summed E-state index contributed by atoms with van der Waals surface area (Å²) < 4.78 is 0. The molecule has 12 heavy (non-hydrogen) atoms. The SMILES string of the molecule is CNC(C)(C)C1CCC(C)CC1. The van der Waals surface area contributed by atoms with Crippen LogP contribution in [0.4, 0.5) is 0 Å². The van der Waals surface area contributed by atoms with Gasteiger partial charge in [0.05, 0.1) is 0 Å². The Balaban J connectivity index is 2.44. The summed E-state index contributed by atoms with van der Waals surface area (Å²) in [6.45, 7) is 7.03. The highest BCUT2D eigenvalue weighted by Crippen LogP contribution is 2.34. The van der Waals surface area contributed by atoms with Crippen LogP contribution in [-0.2, 0) is 0 Å². The summed E-state index contributed by atoms with van der Waals surface area (Å²) in [5, 5.41) is 3.43. The van der Waals surface area contributed by atoms with Gasteiger partial charge in [-0.25, -0.2) is 0 Å². The largest absolute Gasteiger partial charge is 0.315 e. The predicted molar refractivity (Wildman–Crippen MR) is 54.3 cm³/mol. The van der Waals surface area contributed by atoms with E-state index in [0.29, 0.717) is 5.54 Å². The molecule has 0 aromatic heterocycles. The van der Waals surface area contributed by atoms with E-state index in [0.717, 1.165) is 11.8 Å². The Morgan fingerprint density at radius 3 is 2.00 bits per heavy atom. The van der Waals surface area contributed by atoms with E-state index < -0.39 is 0 Å². The van der Waals surface area contributed by atoms with E-state index in [2.05, 4.69) is 33.1 Å². The molecule has 1 saturated carbocycles. The van der Waals surface area contributed by atoms with Crippen molar-refractivity contribution in [3.8, 4) is 0 Å². The lowest BCUT2D eigenvalue weighted by atomic mass is 9.74. The second-order valence-corrected chi connectivity index (χ2v) is 4.93. The van der Waals surface area contributed by atoms with Crippen LogP contribution in [-0.4, -0.2) is 12.6 Å². The van der Waals surface area contributed by atoms with Crippen molar-refractivity contribution in [3.05, 3.63) is 0 Å². The first-order valence-electron chi connectivity index (χ1n) is 5.25. The molecule has 0 aromatic carbocycles. The Bertz CT molecular complexity index is 132. The average Bonchev–Trinajstić information content (AvgIpc) is 2.05. The van der Waals surface area contributed by atoms with E-state index in [1.165, 1.54) is 25.7 Å². The highest BCUT2D eigenvalue weighted by molar-refractivity contribution is 4.87. The molecule has 72 valence electrons. The zero-order valence-electron chi connectivity index (χ0n) is 8.98. The van der Waals surface area contributed by atoms with Crippen molar-refractivity contribution in [3.63, 3.8) is 0 Å². The van der Waals surface area contributed by atoms with E-state index in [-0.39, 0.29) is 0 Å². The van der Waals surface area contributed by atoms with Crippen molar-refractivity contribution < 1.29 is 0 Å². The molecule has 1 heteroatoms. The highest BCUT2D eigenvalue weighted by atomic mass is 14.9. The molecule has 0 amide bonds. The minimum Gasteiger partial charge on any atom is -0.315 e. The third kappa shape index (κ3) is 2.22. The lowest BCUT2D eigenvalue weighted by molar-refractivity contribution is 0.179. The van der Waals surface area contributed by atoms with Gasteiger partial charge in [-0.2, -0.15) is 0 Å². The van der Waals surface area contributed by atoms with Crippen molar-refractivity contribution in [1.82, 2.24) is 5.32 Å². The third-order valence-corrected chi connectivity index (χ3v) is 3.68. The van der Waals surface area contributed by atoms with Crippen LogP contribution in [0.2, 0.25) is 0 Å². The van der Waals surface area contributed by atoms with Gasteiger partial charge in [0.2, 0.25) is 0 Å². The molecule has 0 unspecified atom stereocenters. The zero-order valence-corrected chi connectivity index (χ0v) is 8.98. The molecule has 0 radical (unpaired) electrons. The van der Waals surface area contributed by atoms with Gasteiger partial charge in [-0.3, -0.25) is 0 Å². The average molecular weight is 169 g/mol. The van der Waals surface area contributed by atoms with Crippen molar-refractivity contribution in [2.24, 2.45) is 11.8 Å². The van der Waals surface area contributed by atoms with Crippen LogP contribution < -0.4 is 5.32 Å².